The molecule has 0 aliphatic carbocycles. The van der Waals surface area contributed by atoms with E-state index >= 15 is 0 Å². The van der Waals surface area contributed by atoms with Crippen LogP contribution in [0.2, 0.25) is 0 Å². The van der Waals surface area contributed by atoms with E-state index in [1.54, 1.807) is 0 Å². The van der Waals surface area contributed by atoms with Gasteiger partial charge in [0.1, 0.15) is 11.4 Å². The second kappa shape index (κ2) is 3.42. The molecule has 0 fully saturated rings. The van der Waals surface area contributed by atoms with Crippen LogP contribution in [0.5, 0.6) is 0 Å². The van der Waals surface area contributed by atoms with Crippen LogP contribution in [0.1, 0.15) is 21.9 Å². The first-order chi connectivity index (χ1) is 6.72. The Labute approximate surface area is 84.1 Å². The predicted octanol–water partition coefficient (Wildman–Crippen LogP) is 0.222. The summed E-state index contributed by atoms with van der Waals surface area (Å²) in [5, 5.41) is 0. The minimum Gasteiger partial charge on any atom is -0.461 e. The normalized spacial score (nSPS) is 14.8. The lowest BCUT2D eigenvalue weighted by Gasteiger charge is -2.13. The van der Waals surface area contributed by atoms with Crippen LogP contribution in [0.4, 0.5) is 0 Å². The highest BCUT2D eigenvalue weighted by molar-refractivity contribution is 6.16. The molecule has 1 aromatic rings. The molecule has 2 heterocycles. The first-order valence-electron chi connectivity index (χ1n) is 4.07. The van der Waals surface area contributed by atoms with Gasteiger partial charge >= 0.3 is 5.97 Å². The van der Waals surface area contributed by atoms with Gasteiger partial charge in [0.05, 0.1) is 18.2 Å². The zero-order chi connectivity index (χ0) is 10.1. The van der Waals surface area contributed by atoms with Gasteiger partial charge in [0.15, 0.2) is 0 Å². The number of fused-ring (bicyclic) bond motifs is 1. The average Bonchev–Trinajstić information content (AvgIpc) is 2.17. The number of alkyl halides is 1. The van der Waals surface area contributed by atoms with Crippen LogP contribution in [0, 0.1) is 0 Å². The quantitative estimate of drug-likeness (QED) is 0.536. The molecule has 0 saturated carbocycles. The Bertz CT molecular complexity index is 441. The maximum atomic E-state index is 11.4. The van der Waals surface area contributed by atoms with Crippen LogP contribution in [-0.2, 0) is 17.0 Å². The predicted molar refractivity (Wildman–Crippen MR) is 48.4 cm³/mol. The summed E-state index contributed by atoms with van der Waals surface area (Å²) in [6.07, 6.45) is 0.467. The fourth-order valence-corrected chi connectivity index (χ4v) is 1.47. The number of hydrogen-bond acceptors (Lipinski definition) is 4. The van der Waals surface area contributed by atoms with E-state index in [1.807, 2.05) is 0 Å². The van der Waals surface area contributed by atoms with Crippen molar-refractivity contribution in [2.24, 2.45) is 0 Å². The zero-order valence-electron chi connectivity index (χ0n) is 7.17. The van der Waals surface area contributed by atoms with Crippen LogP contribution in [0.25, 0.3) is 0 Å². The summed E-state index contributed by atoms with van der Waals surface area (Å²) in [5.41, 5.74) is 0.00103. The van der Waals surface area contributed by atoms with Crippen LogP contribution in [0.3, 0.4) is 0 Å². The molecule has 0 spiro atoms. The Balaban J connectivity index is 2.63. The number of halogens is 1. The number of ether oxygens (including phenoxy) is 1. The fraction of sp³-hybridized carbons (Fsp3) is 0.375. The molecule has 5 nitrogen and oxygen atoms in total. The maximum absolute atomic E-state index is 11.4. The average molecular weight is 215 g/mol. The molecule has 0 saturated heterocycles. The maximum Gasteiger partial charge on any atom is 0.345 e. The highest BCUT2D eigenvalue weighted by atomic mass is 35.5. The highest BCUT2D eigenvalue weighted by Crippen LogP contribution is 2.10. The second-order valence-corrected chi connectivity index (χ2v) is 3.12. The van der Waals surface area contributed by atoms with E-state index in [4.69, 9.17) is 16.3 Å². The Morgan fingerprint density at radius 2 is 2.29 bits per heavy atom. The van der Waals surface area contributed by atoms with Crippen molar-refractivity contribution in [1.82, 2.24) is 9.97 Å². The number of cyclic esters (lactones) is 1. The van der Waals surface area contributed by atoms with E-state index in [0.29, 0.717) is 17.9 Å². The van der Waals surface area contributed by atoms with E-state index in [0.717, 1.165) is 0 Å². The lowest BCUT2D eigenvalue weighted by molar-refractivity contribution is 0.0474. The number of aromatic nitrogens is 2. The van der Waals surface area contributed by atoms with Crippen LogP contribution in [0.15, 0.2) is 4.79 Å². The molecular weight excluding hydrogens is 208 g/mol. The molecule has 1 aliphatic rings. The molecule has 2 rings (SSSR count). The second-order valence-electron chi connectivity index (χ2n) is 2.85. The molecule has 0 atom stereocenters. The van der Waals surface area contributed by atoms with Crippen LogP contribution in [-0.4, -0.2) is 22.5 Å². The molecule has 0 radical (unpaired) electrons. The standard InChI is InChI=1S/C8H7ClN2O3/c9-3-5-10-4-1-2-14-8(13)6(4)7(12)11-5/h1-3H2,(H,10,11,12). The van der Waals surface area contributed by atoms with Crippen molar-refractivity contribution < 1.29 is 9.53 Å². The number of carbonyl (C=O) groups excluding carboxylic acids is 1. The molecule has 1 aromatic heterocycles. The van der Waals surface area contributed by atoms with Crippen molar-refractivity contribution in [2.45, 2.75) is 12.3 Å². The number of hydrogen-bond donors (Lipinski definition) is 1. The van der Waals surface area contributed by atoms with Gasteiger partial charge < -0.3 is 9.72 Å². The first kappa shape index (κ1) is 9.21. The van der Waals surface area contributed by atoms with Gasteiger partial charge in [-0.2, -0.15) is 0 Å². The van der Waals surface area contributed by atoms with Crippen LogP contribution < -0.4 is 5.56 Å². The number of nitrogens with one attached hydrogen (secondary N) is 1. The SMILES string of the molecule is O=C1OCCc2nc(CCl)[nH]c(=O)c21. The molecule has 0 amide bonds. The summed E-state index contributed by atoms with van der Waals surface area (Å²) in [4.78, 5) is 29.1. The van der Waals surface area contributed by atoms with Gasteiger partial charge in [0.25, 0.3) is 5.56 Å². The summed E-state index contributed by atoms with van der Waals surface area (Å²) in [6, 6.07) is 0. The molecule has 14 heavy (non-hydrogen) atoms. The van der Waals surface area contributed by atoms with Crippen molar-refractivity contribution in [2.75, 3.05) is 6.61 Å². The topological polar surface area (TPSA) is 72.0 Å². The third-order valence-corrected chi connectivity index (χ3v) is 2.20. The van der Waals surface area contributed by atoms with Gasteiger partial charge in [-0.3, -0.25) is 4.79 Å². The van der Waals surface area contributed by atoms with E-state index in [2.05, 4.69) is 9.97 Å². The van der Waals surface area contributed by atoms with Crippen molar-refractivity contribution in [3.63, 3.8) is 0 Å². The molecule has 0 bridgehead atoms. The first-order valence-corrected chi connectivity index (χ1v) is 4.61. The van der Waals surface area contributed by atoms with Crippen molar-refractivity contribution in [3.8, 4) is 0 Å². The molecule has 6 heteroatoms. The Morgan fingerprint density at radius 3 is 3.00 bits per heavy atom. The van der Waals surface area contributed by atoms with Crippen molar-refractivity contribution in [1.29, 1.82) is 0 Å². The van der Waals surface area contributed by atoms with Gasteiger partial charge in [-0.05, 0) is 0 Å². The number of nitrogens with zero attached hydrogens (tertiary/aromatic N) is 1. The molecule has 1 aliphatic heterocycles. The summed E-state index contributed by atoms with van der Waals surface area (Å²) in [7, 11) is 0. The molecule has 74 valence electrons. The van der Waals surface area contributed by atoms with E-state index in [-0.39, 0.29) is 18.1 Å². The monoisotopic (exact) mass is 214 g/mol. The smallest absolute Gasteiger partial charge is 0.345 e. The van der Waals surface area contributed by atoms with Gasteiger partial charge in [-0.25, -0.2) is 9.78 Å². The third-order valence-electron chi connectivity index (χ3n) is 1.95. The number of rotatable bonds is 1. The Kier molecular flexibility index (Phi) is 2.25. The molecular formula is C8H7ClN2O3. The number of carbonyl (C=O) groups is 1. The number of aromatic amines is 1. The van der Waals surface area contributed by atoms with Crippen molar-refractivity contribution in [3.05, 3.63) is 27.4 Å². The lowest BCUT2D eigenvalue weighted by Crippen LogP contribution is -2.30. The fourth-order valence-electron chi connectivity index (χ4n) is 1.34. The van der Waals surface area contributed by atoms with Crippen molar-refractivity contribution >= 4 is 17.6 Å². The summed E-state index contributed by atoms with van der Waals surface area (Å²) in [5.74, 6) is -0.108. The summed E-state index contributed by atoms with van der Waals surface area (Å²) >= 11 is 5.53. The van der Waals surface area contributed by atoms with Gasteiger partial charge in [0, 0.05) is 6.42 Å². The van der Waals surface area contributed by atoms with E-state index in [9.17, 15) is 9.59 Å². The van der Waals surface area contributed by atoms with E-state index < -0.39 is 11.5 Å². The zero-order valence-corrected chi connectivity index (χ0v) is 7.93. The van der Waals surface area contributed by atoms with Gasteiger partial charge in [-0.15, -0.1) is 11.6 Å². The molecule has 1 N–H and O–H groups in total. The van der Waals surface area contributed by atoms with E-state index in [1.165, 1.54) is 0 Å². The van der Waals surface area contributed by atoms with Gasteiger partial charge in [0.2, 0.25) is 0 Å². The third kappa shape index (κ3) is 1.39. The lowest BCUT2D eigenvalue weighted by atomic mass is 10.1. The van der Waals surface area contributed by atoms with Gasteiger partial charge in [-0.1, -0.05) is 0 Å². The molecule has 0 aromatic carbocycles. The largest absolute Gasteiger partial charge is 0.461 e. The number of H-pyrrole nitrogens is 1. The summed E-state index contributed by atoms with van der Waals surface area (Å²) in [6.45, 7) is 0.268. The Hall–Kier alpha value is -1.36. The summed E-state index contributed by atoms with van der Waals surface area (Å²) < 4.78 is 4.73. The highest BCUT2D eigenvalue weighted by Gasteiger charge is 2.24. The molecule has 0 unspecified atom stereocenters. The minimum atomic E-state index is -0.610. The van der Waals surface area contributed by atoms with Crippen LogP contribution >= 0.6 is 11.6 Å². The Morgan fingerprint density at radius 1 is 1.50 bits per heavy atom. The minimum absolute atomic E-state index is 0.00474. The number of esters is 1.